The van der Waals surface area contributed by atoms with Gasteiger partial charge in [-0.2, -0.15) is 0 Å². The Balaban J connectivity index is 1.54. The molecule has 0 aliphatic rings. The molecule has 2 heterocycles. The third-order valence-corrected chi connectivity index (χ3v) is 4.74. The highest BCUT2D eigenvalue weighted by Crippen LogP contribution is 2.23. The van der Waals surface area contributed by atoms with Crippen LogP contribution in [0.3, 0.4) is 0 Å². The summed E-state index contributed by atoms with van der Waals surface area (Å²) in [6.07, 6.45) is 4.07. The fraction of sp³-hybridized carbons (Fsp3) is 0.136. The van der Waals surface area contributed by atoms with Crippen LogP contribution in [0.15, 0.2) is 79.1 Å². The number of halogens is 1. The molecule has 0 aliphatic carbocycles. The molecule has 0 unspecified atom stereocenters. The monoisotopic (exact) mass is 361 g/mol. The molecule has 0 spiro atoms. The van der Waals surface area contributed by atoms with Crippen LogP contribution < -0.4 is 5.32 Å². The van der Waals surface area contributed by atoms with E-state index in [9.17, 15) is 0 Å². The Morgan fingerprint density at radius 2 is 1.69 bits per heavy atom. The summed E-state index contributed by atoms with van der Waals surface area (Å²) in [4.78, 5) is 4.36. The Labute approximate surface area is 158 Å². The van der Waals surface area contributed by atoms with E-state index in [1.807, 2.05) is 36.5 Å². The lowest BCUT2D eigenvalue weighted by Gasteiger charge is -2.05. The lowest BCUT2D eigenvalue weighted by molar-refractivity contribution is 0.679. The molecule has 0 saturated heterocycles. The van der Waals surface area contributed by atoms with E-state index in [1.165, 1.54) is 22.0 Å². The minimum Gasteiger partial charge on any atom is -0.343 e. The summed E-state index contributed by atoms with van der Waals surface area (Å²) in [5.41, 5.74) is 4.84. The third kappa shape index (κ3) is 3.79. The topological polar surface area (TPSA) is 29.9 Å². The molecule has 0 saturated carbocycles. The van der Waals surface area contributed by atoms with Gasteiger partial charge in [0, 0.05) is 48.0 Å². The highest BCUT2D eigenvalue weighted by molar-refractivity contribution is 6.30. The molecule has 4 rings (SSSR count). The first-order valence-electron chi connectivity index (χ1n) is 8.71. The van der Waals surface area contributed by atoms with Gasteiger partial charge in [-0.3, -0.25) is 4.98 Å². The standard InChI is InChI=1S/C22H20ClN3/c23-19-10-8-17(9-11-19)15-26-16-18(21-6-1-2-7-22(21)26)13-24-14-20-5-3-4-12-25-20/h1-12,16,24H,13-15H2. The van der Waals surface area contributed by atoms with Crippen molar-refractivity contribution in [2.45, 2.75) is 19.6 Å². The zero-order chi connectivity index (χ0) is 17.8. The number of benzene rings is 2. The number of hydrogen-bond donors (Lipinski definition) is 1. The van der Waals surface area contributed by atoms with Crippen LogP contribution in [0.25, 0.3) is 10.9 Å². The third-order valence-electron chi connectivity index (χ3n) is 4.48. The molecule has 3 nitrogen and oxygen atoms in total. The first kappa shape index (κ1) is 16.8. The predicted octanol–water partition coefficient (Wildman–Crippen LogP) is 5.03. The number of pyridine rings is 1. The van der Waals surface area contributed by atoms with Gasteiger partial charge in [-0.25, -0.2) is 0 Å². The van der Waals surface area contributed by atoms with E-state index >= 15 is 0 Å². The number of para-hydroxylation sites is 1. The van der Waals surface area contributed by atoms with E-state index in [0.29, 0.717) is 0 Å². The van der Waals surface area contributed by atoms with Crippen LogP contribution in [0, 0.1) is 0 Å². The molecular weight excluding hydrogens is 342 g/mol. The number of hydrogen-bond acceptors (Lipinski definition) is 2. The summed E-state index contributed by atoms with van der Waals surface area (Å²) in [6, 6.07) is 22.6. The number of nitrogens with one attached hydrogen (secondary N) is 1. The van der Waals surface area contributed by atoms with Crippen LogP contribution in [0.2, 0.25) is 5.02 Å². The van der Waals surface area contributed by atoms with Crippen LogP contribution >= 0.6 is 11.6 Å². The van der Waals surface area contributed by atoms with E-state index in [4.69, 9.17) is 11.6 Å². The molecular formula is C22H20ClN3. The second-order valence-electron chi connectivity index (χ2n) is 6.35. The summed E-state index contributed by atoms with van der Waals surface area (Å²) >= 11 is 6.00. The van der Waals surface area contributed by atoms with Crippen molar-refractivity contribution in [3.8, 4) is 0 Å². The quantitative estimate of drug-likeness (QED) is 0.522. The normalized spacial score (nSPS) is 11.1. The molecule has 0 amide bonds. The molecule has 26 heavy (non-hydrogen) atoms. The van der Waals surface area contributed by atoms with E-state index < -0.39 is 0 Å². The number of aromatic nitrogens is 2. The molecule has 4 aromatic rings. The highest BCUT2D eigenvalue weighted by atomic mass is 35.5. The van der Waals surface area contributed by atoms with Gasteiger partial charge in [-0.15, -0.1) is 0 Å². The number of nitrogens with zero attached hydrogens (tertiary/aromatic N) is 2. The molecule has 2 aromatic heterocycles. The summed E-state index contributed by atoms with van der Waals surface area (Å²) in [6.45, 7) is 2.40. The van der Waals surface area contributed by atoms with Crippen molar-refractivity contribution in [2.24, 2.45) is 0 Å². The van der Waals surface area contributed by atoms with E-state index in [2.05, 4.69) is 57.5 Å². The van der Waals surface area contributed by atoms with Crippen molar-refractivity contribution in [3.05, 3.63) is 101 Å². The first-order valence-corrected chi connectivity index (χ1v) is 9.09. The minimum atomic E-state index is 0.761. The highest BCUT2D eigenvalue weighted by Gasteiger charge is 2.08. The SMILES string of the molecule is Clc1ccc(Cn2cc(CNCc3ccccn3)c3ccccc32)cc1. The smallest absolute Gasteiger partial charge is 0.0541 e. The van der Waals surface area contributed by atoms with Gasteiger partial charge in [0.25, 0.3) is 0 Å². The molecule has 0 bridgehead atoms. The zero-order valence-corrected chi connectivity index (χ0v) is 15.2. The Morgan fingerprint density at radius 1 is 0.885 bits per heavy atom. The van der Waals surface area contributed by atoms with Crippen molar-refractivity contribution in [3.63, 3.8) is 0 Å². The van der Waals surface area contributed by atoms with Gasteiger partial charge in [0.05, 0.1) is 5.69 Å². The molecule has 0 atom stereocenters. The fourth-order valence-electron chi connectivity index (χ4n) is 3.21. The second-order valence-corrected chi connectivity index (χ2v) is 6.79. The van der Waals surface area contributed by atoms with Crippen molar-refractivity contribution in [1.82, 2.24) is 14.9 Å². The summed E-state index contributed by atoms with van der Waals surface area (Å²) in [7, 11) is 0. The van der Waals surface area contributed by atoms with Crippen LogP contribution in [-0.4, -0.2) is 9.55 Å². The largest absolute Gasteiger partial charge is 0.343 e. The molecule has 4 heteroatoms. The van der Waals surface area contributed by atoms with Crippen molar-refractivity contribution in [1.29, 1.82) is 0 Å². The van der Waals surface area contributed by atoms with Gasteiger partial charge in [0.2, 0.25) is 0 Å². The lowest BCUT2D eigenvalue weighted by Crippen LogP contribution is -2.13. The van der Waals surface area contributed by atoms with Gasteiger partial charge in [0.15, 0.2) is 0 Å². The maximum absolute atomic E-state index is 6.00. The Morgan fingerprint density at radius 3 is 2.50 bits per heavy atom. The fourth-order valence-corrected chi connectivity index (χ4v) is 3.33. The van der Waals surface area contributed by atoms with Gasteiger partial charge in [-0.05, 0) is 41.5 Å². The van der Waals surface area contributed by atoms with Crippen LogP contribution in [0.4, 0.5) is 0 Å². The van der Waals surface area contributed by atoms with Gasteiger partial charge >= 0.3 is 0 Å². The van der Waals surface area contributed by atoms with E-state index in [0.717, 1.165) is 30.4 Å². The van der Waals surface area contributed by atoms with Gasteiger partial charge in [0.1, 0.15) is 0 Å². The van der Waals surface area contributed by atoms with Crippen molar-refractivity contribution >= 4 is 22.5 Å². The summed E-state index contributed by atoms with van der Waals surface area (Å²) < 4.78 is 2.30. The second kappa shape index (κ2) is 7.73. The first-order chi connectivity index (χ1) is 12.8. The van der Waals surface area contributed by atoms with E-state index in [1.54, 1.807) is 0 Å². The summed E-state index contributed by atoms with van der Waals surface area (Å²) in [5, 5.41) is 5.56. The predicted molar refractivity (Wildman–Crippen MR) is 107 cm³/mol. The van der Waals surface area contributed by atoms with Crippen molar-refractivity contribution < 1.29 is 0 Å². The van der Waals surface area contributed by atoms with E-state index in [-0.39, 0.29) is 0 Å². The number of fused-ring (bicyclic) bond motifs is 1. The summed E-state index contributed by atoms with van der Waals surface area (Å²) in [5.74, 6) is 0. The molecule has 1 N–H and O–H groups in total. The Hall–Kier alpha value is -2.62. The number of rotatable bonds is 6. The Kier molecular flexibility index (Phi) is 5.00. The maximum Gasteiger partial charge on any atom is 0.0541 e. The zero-order valence-electron chi connectivity index (χ0n) is 14.4. The minimum absolute atomic E-state index is 0.761. The van der Waals surface area contributed by atoms with Crippen LogP contribution in [0.5, 0.6) is 0 Å². The lowest BCUT2D eigenvalue weighted by atomic mass is 10.2. The Bertz CT molecular complexity index is 991. The maximum atomic E-state index is 6.00. The van der Waals surface area contributed by atoms with Gasteiger partial charge < -0.3 is 9.88 Å². The average molecular weight is 362 g/mol. The van der Waals surface area contributed by atoms with Crippen molar-refractivity contribution in [2.75, 3.05) is 0 Å². The molecule has 0 aliphatic heterocycles. The molecule has 2 aromatic carbocycles. The van der Waals surface area contributed by atoms with Crippen LogP contribution in [0.1, 0.15) is 16.8 Å². The van der Waals surface area contributed by atoms with Crippen LogP contribution in [-0.2, 0) is 19.6 Å². The average Bonchev–Trinajstić information content (AvgIpc) is 3.02. The molecule has 0 fully saturated rings. The molecule has 0 radical (unpaired) electrons. The molecule has 130 valence electrons. The van der Waals surface area contributed by atoms with Gasteiger partial charge in [-0.1, -0.05) is 48.0 Å².